The fourth-order valence-corrected chi connectivity index (χ4v) is 4.27. The molecular formula is C23H28F2N6O2. The highest BCUT2D eigenvalue weighted by Crippen LogP contribution is 2.29. The van der Waals surface area contributed by atoms with Crippen molar-refractivity contribution in [3.63, 3.8) is 0 Å². The number of benzene rings is 1. The number of ether oxygens (including phenoxy) is 1. The fraction of sp³-hybridized carbons (Fsp3) is 0.391. The minimum absolute atomic E-state index is 0.0304. The van der Waals surface area contributed by atoms with Gasteiger partial charge in [0.15, 0.2) is 11.6 Å². The first-order valence-corrected chi connectivity index (χ1v) is 10.9. The molecule has 0 aliphatic heterocycles. The second-order valence-electron chi connectivity index (χ2n) is 8.30. The maximum absolute atomic E-state index is 14.9. The topological polar surface area (TPSA) is 120 Å². The number of carbonyl (C=O) groups is 1. The number of anilines is 3. The summed E-state index contributed by atoms with van der Waals surface area (Å²) in [6, 6.07) is 5.58. The number of hydrogen-bond acceptors (Lipinski definition) is 6. The summed E-state index contributed by atoms with van der Waals surface area (Å²) < 4.78 is 36.5. The monoisotopic (exact) mass is 458 g/mol. The Balaban J connectivity index is 1.66. The quantitative estimate of drug-likeness (QED) is 0.410. The van der Waals surface area contributed by atoms with Crippen molar-refractivity contribution >= 4 is 34.1 Å². The number of methoxy groups -OCH3 is 1. The lowest BCUT2D eigenvalue weighted by Crippen LogP contribution is -2.43. The van der Waals surface area contributed by atoms with Crippen LogP contribution in [0.4, 0.5) is 26.1 Å². The summed E-state index contributed by atoms with van der Waals surface area (Å²) in [5.74, 6) is -2.00. The number of halogens is 2. The second kappa shape index (κ2) is 9.72. The number of carbonyl (C=O) groups excluding carboxylic acids is 1. The number of fused-ring (bicyclic) bond motifs is 1. The first-order valence-electron chi connectivity index (χ1n) is 10.9. The molecular weight excluding hydrogens is 430 g/mol. The van der Waals surface area contributed by atoms with E-state index in [0.717, 1.165) is 31.7 Å². The smallest absolute Gasteiger partial charge is 0.252 e. The molecule has 2 aromatic heterocycles. The lowest BCUT2D eigenvalue weighted by Gasteiger charge is -2.30. The second-order valence-corrected chi connectivity index (χ2v) is 8.30. The van der Waals surface area contributed by atoms with Crippen LogP contribution in [-0.4, -0.2) is 41.3 Å². The van der Waals surface area contributed by atoms with Gasteiger partial charge >= 0.3 is 0 Å². The normalized spacial score (nSPS) is 18.4. The van der Waals surface area contributed by atoms with E-state index >= 15 is 0 Å². The number of primary amides is 1. The van der Waals surface area contributed by atoms with Gasteiger partial charge in [-0.1, -0.05) is 12.8 Å². The summed E-state index contributed by atoms with van der Waals surface area (Å²) in [5.41, 5.74) is 12.3. The van der Waals surface area contributed by atoms with Crippen molar-refractivity contribution in [2.75, 3.05) is 24.4 Å². The Morgan fingerprint density at radius 1 is 1.21 bits per heavy atom. The molecule has 10 heteroatoms. The number of aromatic nitrogens is 2. The van der Waals surface area contributed by atoms with E-state index in [1.54, 1.807) is 30.0 Å². The summed E-state index contributed by atoms with van der Waals surface area (Å²) in [7, 11) is 1.58. The molecule has 1 saturated carbocycles. The van der Waals surface area contributed by atoms with Crippen LogP contribution in [0.2, 0.25) is 0 Å². The highest BCUT2D eigenvalue weighted by atomic mass is 19.1. The van der Waals surface area contributed by atoms with Crippen LogP contribution in [0.1, 0.15) is 36.0 Å². The van der Waals surface area contributed by atoms with Gasteiger partial charge in [0.2, 0.25) is 0 Å². The maximum Gasteiger partial charge on any atom is 0.252 e. The minimum atomic E-state index is -0.850. The lowest BCUT2D eigenvalue weighted by atomic mass is 9.91. The highest BCUT2D eigenvalue weighted by Gasteiger charge is 2.24. The molecule has 33 heavy (non-hydrogen) atoms. The SMILES string of the molecule is COCCn1ccc2cc(Nc3nc(NC4CCCCC4N)c(F)cc3C(N)=O)cc(F)c21. The third kappa shape index (κ3) is 4.91. The molecule has 2 unspecified atom stereocenters. The largest absolute Gasteiger partial charge is 0.383 e. The van der Waals surface area contributed by atoms with Gasteiger partial charge in [0.1, 0.15) is 11.6 Å². The summed E-state index contributed by atoms with van der Waals surface area (Å²) in [4.78, 5) is 16.2. The number of nitrogens with zero attached hydrogens (tertiary/aromatic N) is 2. The van der Waals surface area contributed by atoms with E-state index < -0.39 is 17.5 Å². The van der Waals surface area contributed by atoms with Crippen molar-refractivity contribution in [2.24, 2.45) is 11.5 Å². The molecule has 0 bridgehead atoms. The molecule has 8 nitrogen and oxygen atoms in total. The number of nitrogens with two attached hydrogens (primary N) is 2. The fourth-order valence-electron chi connectivity index (χ4n) is 4.27. The highest BCUT2D eigenvalue weighted by molar-refractivity contribution is 5.99. The number of hydrogen-bond donors (Lipinski definition) is 4. The van der Waals surface area contributed by atoms with E-state index in [-0.39, 0.29) is 29.3 Å². The molecule has 4 rings (SSSR count). The molecule has 6 N–H and O–H groups in total. The predicted molar refractivity (Wildman–Crippen MR) is 124 cm³/mol. The predicted octanol–water partition coefficient (Wildman–Crippen LogP) is 3.49. The van der Waals surface area contributed by atoms with Gasteiger partial charge in [-0.05, 0) is 37.1 Å². The zero-order valence-electron chi connectivity index (χ0n) is 18.4. The van der Waals surface area contributed by atoms with Crippen LogP contribution in [0, 0.1) is 11.6 Å². The first-order chi connectivity index (χ1) is 15.9. The molecule has 3 aromatic rings. The number of pyridine rings is 1. The van der Waals surface area contributed by atoms with Crippen molar-refractivity contribution in [1.29, 1.82) is 0 Å². The summed E-state index contributed by atoms with van der Waals surface area (Å²) >= 11 is 0. The van der Waals surface area contributed by atoms with Crippen molar-refractivity contribution in [2.45, 2.75) is 44.3 Å². The number of amides is 1. The van der Waals surface area contributed by atoms with E-state index in [1.807, 2.05) is 0 Å². The molecule has 1 aromatic carbocycles. The van der Waals surface area contributed by atoms with Crippen molar-refractivity contribution in [3.8, 4) is 0 Å². The first kappa shape index (κ1) is 22.9. The third-order valence-corrected chi connectivity index (χ3v) is 6.00. The molecule has 2 heterocycles. The molecule has 1 aliphatic rings. The molecule has 2 atom stereocenters. The van der Waals surface area contributed by atoms with Crippen LogP contribution >= 0.6 is 0 Å². The van der Waals surface area contributed by atoms with Gasteiger partial charge in [-0.15, -0.1) is 0 Å². The zero-order valence-corrected chi connectivity index (χ0v) is 18.4. The average Bonchev–Trinajstić information content (AvgIpc) is 3.19. The van der Waals surface area contributed by atoms with Crippen LogP contribution in [-0.2, 0) is 11.3 Å². The van der Waals surface area contributed by atoms with Crippen molar-refractivity contribution in [1.82, 2.24) is 9.55 Å². The van der Waals surface area contributed by atoms with E-state index in [2.05, 4.69) is 15.6 Å². The molecule has 176 valence electrons. The zero-order chi connectivity index (χ0) is 23.5. The third-order valence-electron chi connectivity index (χ3n) is 6.00. The van der Waals surface area contributed by atoms with Crippen molar-refractivity contribution in [3.05, 3.63) is 47.7 Å². The average molecular weight is 459 g/mol. The Labute approximate surface area is 190 Å². The van der Waals surface area contributed by atoms with E-state index in [9.17, 15) is 13.6 Å². The molecule has 0 spiro atoms. The molecule has 0 saturated heterocycles. The summed E-state index contributed by atoms with van der Waals surface area (Å²) in [6.07, 6.45) is 5.43. The minimum Gasteiger partial charge on any atom is -0.383 e. The number of rotatable bonds is 8. The van der Waals surface area contributed by atoms with Crippen molar-refractivity contribution < 1.29 is 18.3 Å². The molecule has 1 amide bonds. The van der Waals surface area contributed by atoms with Gasteiger partial charge in [0.25, 0.3) is 5.91 Å². The Bertz CT molecular complexity index is 1170. The molecule has 0 radical (unpaired) electrons. The van der Waals surface area contributed by atoms with Gasteiger partial charge in [-0.3, -0.25) is 4.79 Å². The Morgan fingerprint density at radius 3 is 2.73 bits per heavy atom. The van der Waals surface area contributed by atoms with Gasteiger partial charge in [0, 0.05) is 43.0 Å². The van der Waals surface area contributed by atoms with Gasteiger partial charge in [-0.25, -0.2) is 13.8 Å². The van der Waals surface area contributed by atoms with Crippen LogP contribution in [0.5, 0.6) is 0 Å². The summed E-state index contributed by atoms with van der Waals surface area (Å²) in [5, 5.41) is 6.65. The van der Waals surface area contributed by atoms with Gasteiger partial charge in [0.05, 0.1) is 17.7 Å². The maximum atomic E-state index is 14.9. The Hall–Kier alpha value is -3.24. The Kier molecular flexibility index (Phi) is 6.75. The molecule has 1 aliphatic carbocycles. The van der Waals surface area contributed by atoms with Gasteiger partial charge < -0.3 is 31.4 Å². The molecule has 1 fully saturated rings. The van der Waals surface area contributed by atoms with Crippen LogP contribution in [0.15, 0.2) is 30.5 Å². The summed E-state index contributed by atoms with van der Waals surface area (Å²) in [6.45, 7) is 0.957. The number of nitrogens with one attached hydrogen (secondary N) is 2. The van der Waals surface area contributed by atoms with E-state index in [0.29, 0.717) is 29.7 Å². The lowest BCUT2D eigenvalue weighted by molar-refractivity contribution is 0.100. The Morgan fingerprint density at radius 2 is 2.00 bits per heavy atom. The van der Waals surface area contributed by atoms with Crippen LogP contribution < -0.4 is 22.1 Å². The van der Waals surface area contributed by atoms with Crippen LogP contribution in [0.25, 0.3) is 10.9 Å². The van der Waals surface area contributed by atoms with Crippen LogP contribution in [0.3, 0.4) is 0 Å². The van der Waals surface area contributed by atoms with E-state index in [1.165, 1.54) is 6.07 Å². The van der Waals surface area contributed by atoms with Gasteiger partial charge in [-0.2, -0.15) is 0 Å². The van der Waals surface area contributed by atoms with E-state index in [4.69, 9.17) is 16.2 Å². The standard InChI is InChI=1S/C23H28F2N6O2/c1-33-9-8-31-7-6-13-10-14(11-16(24)20(13)31)28-22-15(21(27)32)12-17(25)23(30-22)29-19-5-3-2-4-18(19)26/h6-7,10-12,18-19H,2-5,8-9,26H2,1H3,(H2,27,32)(H2,28,29,30).